The minimum atomic E-state index is 0.133. The van der Waals surface area contributed by atoms with E-state index in [9.17, 15) is 0 Å². The number of thioether (sulfide) groups is 1. The van der Waals surface area contributed by atoms with Crippen LogP contribution < -0.4 is 5.32 Å². The zero-order chi connectivity index (χ0) is 14.9. The lowest BCUT2D eigenvalue weighted by molar-refractivity contribution is 0.418. The van der Waals surface area contributed by atoms with Crippen LogP contribution in [0, 0.1) is 5.92 Å². The van der Waals surface area contributed by atoms with Gasteiger partial charge in [0.25, 0.3) is 0 Å². The van der Waals surface area contributed by atoms with Gasteiger partial charge in [-0.2, -0.15) is 0 Å². The van der Waals surface area contributed by atoms with E-state index in [1.807, 2.05) is 11.8 Å². The molecule has 0 aliphatic heterocycles. The normalized spacial score (nSPS) is 17.1. The van der Waals surface area contributed by atoms with Crippen molar-refractivity contribution in [2.45, 2.75) is 63.6 Å². The topological polar surface area (TPSA) is 29.3 Å². The largest absolute Gasteiger partial charge is 0.306 e. The fourth-order valence-corrected chi connectivity index (χ4v) is 4.82. The van der Waals surface area contributed by atoms with Gasteiger partial charge in [-0.1, -0.05) is 12.8 Å². The molecule has 5 heteroatoms. The molecule has 1 aliphatic rings. The van der Waals surface area contributed by atoms with Gasteiger partial charge >= 0.3 is 0 Å². The maximum atomic E-state index is 4.84. The summed E-state index contributed by atoms with van der Waals surface area (Å²) in [4.78, 5) is 5.96. The number of imidazole rings is 1. The first kappa shape index (κ1) is 15.4. The van der Waals surface area contributed by atoms with E-state index in [2.05, 4.69) is 42.1 Å². The van der Waals surface area contributed by atoms with Gasteiger partial charge in [0.2, 0.25) is 0 Å². The molecule has 1 fully saturated rings. The van der Waals surface area contributed by atoms with E-state index >= 15 is 0 Å². The van der Waals surface area contributed by atoms with Crippen molar-refractivity contribution in [2.24, 2.45) is 5.92 Å². The van der Waals surface area contributed by atoms with Crippen LogP contribution >= 0.6 is 23.1 Å². The molecule has 0 aromatic carbocycles. The summed E-state index contributed by atoms with van der Waals surface area (Å²) in [5.74, 6) is 2.13. The van der Waals surface area contributed by atoms with E-state index in [4.69, 9.17) is 4.98 Å². The summed E-state index contributed by atoms with van der Waals surface area (Å²) in [7, 11) is 0. The summed E-state index contributed by atoms with van der Waals surface area (Å²) in [5, 5.41) is 6.95. The summed E-state index contributed by atoms with van der Waals surface area (Å²) >= 11 is 3.68. The van der Waals surface area contributed by atoms with Crippen molar-refractivity contribution in [3.8, 4) is 0 Å². The number of rotatable bonds is 5. The third kappa shape index (κ3) is 3.82. The van der Waals surface area contributed by atoms with Crippen molar-refractivity contribution >= 4 is 28.1 Å². The summed E-state index contributed by atoms with van der Waals surface area (Å²) in [6, 6.07) is 0. The van der Waals surface area contributed by atoms with Crippen molar-refractivity contribution in [3.63, 3.8) is 0 Å². The first-order valence-corrected chi connectivity index (χ1v) is 9.72. The Kier molecular flexibility index (Phi) is 4.62. The summed E-state index contributed by atoms with van der Waals surface area (Å²) < 4.78 is 2.25. The lowest BCUT2D eigenvalue weighted by atomic mass is 10.1. The minimum Gasteiger partial charge on any atom is -0.306 e. The molecule has 2 heterocycles. The van der Waals surface area contributed by atoms with Crippen LogP contribution in [0.25, 0.3) is 4.96 Å². The van der Waals surface area contributed by atoms with E-state index in [0.29, 0.717) is 0 Å². The summed E-state index contributed by atoms with van der Waals surface area (Å²) in [6.45, 7) is 7.52. The first-order chi connectivity index (χ1) is 10.0. The molecule has 21 heavy (non-hydrogen) atoms. The van der Waals surface area contributed by atoms with Crippen LogP contribution in [0.3, 0.4) is 0 Å². The molecule has 2 aromatic heterocycles. The average molecular weight is 324 g/mol. The van der Waals surface area contributed by atoms with Crippen molar-refractivity contribution < 1.29 is 0 Å². The first-order valence-electron chi connectivity index (χ1n) is 7.85. The molecule has 0 radical (unpaired) electrons. The second kappa shape index (κ2) is 6.31. The Morgan fingerprint density at radius 1 is 1.38 bits per heavy atom. The highest BCUT2D eigenvalue weighted by Gasteiger charge is 2.20. The lowest BCUT2D eigenvalue weighted by Crippen LogP contribution is -2.35. The van der Waals surface area contributed by atoms with Gasteiger partial charge in [0.05, 0.1) is 5.69 Å². The summed E-state index contributed by atoms with van der Waals surface area (Å²) in [5.41, 5.74) is 1.46. The number of fused-ring (bicyclic) bond motifs is 1. The van der Waals surface area contributed by atoms with Crippen LogP contribution in [-0.4, -0.2) is 20.7 Å². The van der Waals surface area contributed by atoms with E-state index in [0.717, 1.165) is 17.4 Å². The van der Waals surface area contributed by atoms with E-state index in [-0.39, 0.29) is 5.54 Å². The number of nitrogens with one attached hydrogen (secondary N) is 1. The van der Waals surface area contributed by atoms with Gasteiger partial charge in [-0.3, -0.25) is 4.40 Å². The molecule has 0 spiro atoms. The van der Waals surface area contributed by atoms with Gasteiger partial charge in [0.1, 0.15) is 5.03 Å². The highest BCUT2D eigenvalue weighted by molar-refractivity contribution is 7.99. The second-order valence-corrected chi connectivity index (χ2v) is 8.87. The van der Waals surface area contributed by atoms with Gasteiger partial charge in [-0.05, 0) is 39.5 Å². The molecule has 0 unspecified atom stereocenters. The summed E-state index contributed by atoms with van der Waals surface area (Å²) in [6.07, 6.45) is 7.80. The van der Waals surface area contributed by atoms with Gasteiger partial charge < -0.3 is 5.32 Å². The Hall–Kier alpha value is -0.520. The van der Waals surface area contributed by atoms with Crippen LogP contribution in [0.5, 0.6) is 0 Å². The Labute approximate surface area is 135 Å². The van der Waals surface area contributed by atoms with Crippen LogP contribution in [-0.2, 0) is 6.54 Å². The Morgan fingerprint density at radius 3 is 2.86 bits per heavy atom. The second-order valence-electron chi connectivity index (χ2n) is 6.98. The Balaban J connectivity index is 1.74. The molecule has 1 aliphatic carbocycles. The number of hydrogen-bond donors (Lipinski definition) is 1. The van der Waals surface area contributed by atoms with Gasteiger partial charge in [0, 0.05) is 29.4 Å². The molecule has 0 atom stereocenters. The molecule has 1 N–H and O–H groups in total. The van der Waals surface area contributed by atoms with Crippen molar-refractivity contribution in [2.75, 3.05) is 5.75 Å². The van der Waals surface area contributed by atoms with Gasteiger partial charge in [-0.25, -0.2) is 4.98 Å². The lowest BCUT2D eigenvalue weighted by Gasteiger charge is -2.20. The van der Waals surface area contributed by atoms with Crippen molar-refractivity contribution in [3.05, 3.63) is 17.3 Å². The smallest absolute Gasteiger partial charge is 0.194 e. The van der Waals surface area contributed by atoms with Crippen LogP contribution in [0.4, 0.5) is 0 Å². The predicted octanol–water partition coefficient (Wildman–Crippen LogP) is 4.57. The van der Waals surface area contributed by atoms with E-state index in [1.54, 1.807) is 11.3 Å². The number of aromatic nitrogens is 2. The molecule has 2 aromatic rings. The van der Waals surface area contributed by atoms with Gasteiger partial charge in [-0.15, -0.1) is 23.1 Å². The van der Waals surface area contributed by atoms with Crippen LogP contribution in [0.2, 0.25) is 0 Å². The monoisotopic (exact) mass is 323 g/mol. The zero-order valence-electron chi connectivity index (χ0n) is 13.2. The predicted molar refractivity (Wildman–Crippen MR) is 92.3 cm³/mol. The van der Waals surface area contributed by atoms with Crippen LogP contribution in [0.1, 0.15) is 52.1 Å². The highest BCUT2D eigenvalue weighted by Crippen LogP contribution is 2.33. The van der Waals surface area contributed by atoms with Crippen LogP contribution in [0.15, 0.2) is 16.6 Å². The standard InChI is InChI=1S/C16H25N3S2/c1-16(2,3)17-10-13-14(18-15-19(13)8-9-20-15)21-11-12-6-4-5-7-12/h8-9,12,17H,4-7,10-11H2,1-3H3. The van der Waals surface area contributed by atoms with E-state index < -0.39 is 0 Å². The maximum absolute atomic E-state index is 4.84. The molecular formula is C16H25N3S2. The quantitative estimate of drug-likeness (QED) is 0.818. The molecule has 0 bridgehead atoms. The highest BCUT2D eigenvalue weighted by atomic mass is 32.2. The molecule has 1 saturated carbocycles. The molecule has 3 rings (SSSR count). The van der Waals surface area contributed by atoms with Gasteiger partial charge in [0.15, 0.2) is 4.96 Å². The zero-order valence-corrected chi connectivity index (χ0v) is 14.8. The van der Waals surface area contributed by atoms with Crippen molar-refractivity contribution in [1.29, 1.82) is 0 Å². The SMILES string of the molecule is CC(C)(C)NCc1c(SCC2CCCC2)nc2sccn12. The number of thiazole rings is 1. The third-order valence-corrected chi connectivity index (χ3v) is 6.04. The molecule has 0 saturated heterocycles. The molecule has 116 valence electrons. The van der Waals surface area contributed by atoms with Crippen molar-refractivity contribution in [1.82, 2.24) is 14.7 Å². The Morgan fingerprint density at radius 2 is 2.14 bits per heavy atom. The number of nitrogens with zero attached hydrogens (tertiary/aromatic N) is 2. The molecule has 0 amide bonds. The minimum absolute atomic E-state index is 0.133. The average Bonchev–Trinajstić information content (AvgIpc) is 3.10. The number of hydrogen-bond acceptors (Lipinski definition) is 4. The maximum Gasteiger partial charge on any atom is 0.194 e. The fourth-order valence-electron chi connectivity index (χ4n) is 2.81. The molecule has 3 nitrogen and oxygen atoms in total. The Bertz CT molecular complexity index is 588. The third-order valence-electron chi connectivity index (χ3n) is 4.04. The fraction of sp³-hybridized carbons (Fsp3) is 0.688. The molecular weight excluding hydrogens is 298 g/mol. The van der Waals surface area contributed by atoms with E-state index in [1.165, 1.54) is 42.2 Å².